The van der Waals surface area contributed by atoms with Crippen LogP contribution >= 0.6 is 0 Å². The molecule has 0 aromatic rings. The minimum Gasteiger partial charge on any atom is -0.469 e. The molecule has 2 atom stereocenters. The second-order valence-corrected chi connectivity index (χ2v) is 5.66. The minimum atomic E-state index is -0.0667. The molecule has 0 amide bonds. The zero-order valence-corrected chi connectivity index (χ0v) is 12.8. The maximum atomic E-state index is 11.2. The van der Waals surface area contributed by atoms with Gasteiger partial charge in [0.25, 0.3) is 0 Å². The van der Waals surface area contributed by atoms with E-state index >= 15 is 0 Å². The highest BCUT2D eigenvalue weighted by molar-refractivity contribution is 5.71. The first-order chi connectivity index (χ1) is 8.61. The van der Waals surface area contributed by atoms with Crippen LogP contribution in [0.1, 0.15) is 78.6 Å². The van der Waals surface area contributed by atoms with E-state index in [2.05, 4.69) is 13.8 Å². The highest BCUT2D eigenvalue weighted by atomic mass is 16.5. The zero-order valence-electron chi connectivity index (χ0n) is 12.8. The Morgan fingerprint density at radius 3 is 2.06 bits per heavy atom. The third kappa shape index (κ3) is 9.49. The lowest BCUT2D eigenvalue weighted by Crippen LogP contribution is -2.12. The van der Waals surface area contributed by atoms with E-state index in [0.29, 0.717) is 0 Å². The van der Waals surface area contributed by atoms with E-state index in [4.69, 9.17) is 4.74 Å². The molecule has 0 aromatic carbocycles. The third-order valence-electron chi connectivity index (χ3n) is 3.74. The maximum absolute atomic E-state index is 11.2. The van der Waals surface area contributed by atoms with Gasteiger partial charge in [-0.25, -0.2) is 0 Å². The molecule has 2 heteroatoms. The largest absolute Gasteiger partial charge is 0.469 e. The van der Waals surface area contributed by atoms with Gasteiger partial charge >= 0.3 is 5.97 Å². The molecule has 0 aromatic heterocycles. The Labute approximate surface area is 113 Å². The number of esters is 1. The number of ether oxygens (including phenoxy) is 1. The van der Waals surface area contributed by atoms with E-state index in [1.165, 1.54) is 52.1 Å². The summed E-state index contributed by atoms with van der Waals surface area (Å²) in [7, 11) is 1.47. The fourth-order valence-corrected chi connectivity index (χ4v) is 2.33. The number of hydrogen-bond donors (Lipinski definition) is 0. The van der Waals surface area contributed by atoms with Crippen LogP contribution in [-0.4, -0.2) is 13.1 Å². The lowest BCUT2D eigenvalue weighted by Gasteiger charge is -2.11. The Morgan fingerprint density at radius 1 is 0.944 bits per heavy atom. The topological polar surface area (TPSA) is 26.3 Å². The van der Waals surface area contributed by atoms with Crippen molar-refractivity contribution in [1.29, 1.82) is 0 Å². The molecule has 0 aliphatic heterocycles. The summed E-state index contributed by atoms with van der Waals surface area (Å²) in [4.78, 5) is 11.2. The smallest absolute Gasteiger partial charge is 0.308 e. The lowest BCUT2D eigenvalue weighted by atomic mass is 9.95. The molecule has 0 N–H and O–H groups in total. The van der Waals surface area contributed by atoms with Crippen LogP contribution in [0.3, 0.4) is 0 Å². The Kier molecular flexibility index (Phi) is 11.2. The average molecular weight is 256 g/mol. The first-order valence-electron chi connectivity index (χ1n) is 7.69. The van der Waals surface area contributed by atoms with Crippen LogP contribution in [0.2, 0.25) is 0 Å². The standard InChI is InChI=1S/C16H32O2/c1-5-6-8-11-14(2)12-9-7-10-13-15(3)16(17)18-4/h14-15H,5-13H2,1-4H3. The molecule has 0 rings (SSSR count). The van der Waals surface area contributed by atoms with Gasteiger partial charge in [-0.15, -0.1) is 0 Å². The highest BCUT2D eigenvalue weighted by Gasteiger charge is 2.11. The monoisotopic (exact) mass is 256 g/mol. The Morgan fingerprint density at radius 2 is 1.50 bits per heavy atom. The van der Waals surface area contributed by atoms with Crippen molar-refractivity contribution in [3.8, 4) is 0 Å². The minimum absolute atomic E-state index is 0.0666. The van der Waals surface area contributed by atoms with Gasteiger partial charge in [0, 0.05) is 0 Å². The van der Waals surface area contributed by atoms with Crippen molar-refractivity contribution >= 4 is 5.97 Å². The normalized spacial score (nSPS) is 14.2. The predicted molar refractivity (Wildman–Crippen MR) is 77.6 cm³/mol. The van der Waals surface area contributed by atoms with Crippen molar-refractivity contribution in [2.45, 2.75) is 78.6 Å². The van der Waals surface area contributed by atoms with E-state index in [9.17, 15) is 4.79 Å². The third-order valence-corrected chi connectivity index (χ3v) is 3.74. The second kappa shape index (κ2) is 11.6. The fraction of sp³-hybridized carbons (Fsp3) is 0.938. The van der Waals surface area contributed by atoms with Gasteiger partial charge in [-0.05, 0) is 12.3 Å². The van der Waals surface area contributed by atoms with Gasteiger partial charge in [-0.3, -0.25) is 4.79 Å². The molecule has 18 heavy (non-hydrogen) atoms. The number of hydrogen-bond acceptors (Lipinski definition) is 2. The zero-order chi connectivity index (χ0) is 13.8. The van der Waals surface area contributed by atoms with Crippen molar-refractivity contribution in [3.05, 3.63) is 0 Å². The Bertz CT molecular complexity index is 201. The number of rotatable bonds is 11. The molecule has 0 bridgehead atoms. The lowest BCUT2D eigenvalue weighted by molar-refractivity contribution is -0.145. The molecule has 0 aliphatic rings. The van der Waals surface area contributed by atoms with Crippen LogP contribution < -0.4 is 0 Å². The summed E-state index contributed by atoms with van der Waals surface area (Å²) in [5, 5.41) is 0. The van der Waals surface area contributed by atoms with Gasteiger partial charge in [0.1, 0.15) is 0 Å². The summed E-state index contributed by atoms with van der Waals surface area (Å²) in [6, 6.07) is 0. The molecule has 0 aliphatic carbocycles. The highest BCUT2D eigenvalue weighted by Crippen LogP contribution is 2.18. The van der Waals surface area contributed by atoms with Crippen molar-refractivity contribution in [1.82, 2.24) is 0 Å². The molecule has 2 unspecified atom stereocenters. The first kappa shape index (κ1) is 17.5. The molecule has 0 radical (unpaired) electrons. The molecule has 0 saturated heterocycles. The molecule has 2 nitrogen and oxygen atoms in total. The second-order valence-electron chi connectivity index (χ2n) is 5.66. The summed E-state index contributed by atoms with van der Waals surface area (Å²) in [6.07, 6.45) is 11.5. The average Bonchev–Trinajstić information content (AvgIpc) is 2.37. The van der Waals surface area contributed by atoms with Gasteiger partial charge in [0.2, 0.25) is 0 Å². The van der Waals surface area contributed by atoms with Crippen molar-refractivity contribution in [2.24, 2.45) is 11.8 Å². The van der Waals surface area contributed by atoms with Gasteiger partial charge in [-0.2, -0.15) is 0 Å². The summed E-state index contributed by atoms with van der Waals surface area (Å²) in [5.41, 5.74) is 0. The van der Waals surface area contributed by atoms with Crippen molar-refractivity contribution < 1.29 is 9.53 Å². The van der Waals surface area contributed by atoms with Gasteiger partial charge in [0.05, 0.1) is 13.0 Å². The van der Waals surface area contributed by atoms with Crippen LogP contribution in [0.15, 0.2) is 0 Å². The van der Waals surface area contributed by atoms with E-state index in [-0.39, 0.29) is 11.9 Å². The van der Waals surface area contributed by atoms with Crippen LogP contribution in [0.4, 0.5) is 0 Å². The molecule has 0 spiro atoms. The molecule has 0 fully saturated rings. The van der Waals surface area contributed by atoms with Gasteiger partial charge in [0.15, 0.2) is 0 Å². The van der Waals surface area contributed by atoms with Crippen LogP contribution in [0.25, 0.3) is 0 Å². The molecule has 0 heterocycles. The molecule has 0 saturated carbocycles. The summed E-state index contributed by atoms with van der Waals surface area (Å²) in [5.74, 6) is 0.870. The number of methoxy groups -OCH3 is 1. The Hall–Kier alpha value is -0.530. The summed E-state index contributed by atoms with van der Waals surface area (Å²) < 4.78 is 4.72. The number of unbranched alkanes of at least 4 members (excludes halogenated alkanes) is 4. The fourth-order valence-electron chi connectivity index (χ4n) is 2.33. The number of carbonyl (C=O) groups is 1. The van der Waals surface area contributed by atoms with Gasteiger partial charge in [-0.1, -0.05) is 72.1 Å². The van der Waals surface area contributed by atoms with Crippen LogP contribution in [0.5, 0.6) is 0 Å². The Balaban J connectivity index is 3.36. The van der Waals surface area contributed by atoms with Crippen LogP contribution in [0, 0.1) is 11.8 Å². The first-order valence-corrected chi connectivity index (χ1v) is 7.69. The predicted octanol–water partition coefficient (Wildman–Crippen LogP) is 4.96. The van der Waals surface area contributed by atoms with Gasteiger partial charge < -0.3 is 4.74 Å². The molecule has 108 valence electrons. The summed E-state index contributed by atoms with van der Waals surface area (Å²) >= 11 is 0. The molecular formula is C16H32O2. The van der Waals surface area contributed by atoms with E-state index in [1.54, 1.807) is 0 Å². The van der Waals surface area contributed by atoms with Crippen molar-refractivity contribution in [3.63, 3.8) is 0 Å². The van der Waals surface area contributed by atoms with E-state index in [1.807, 2.05) is 6.92 Å². The number of carbonyl (C=O) groups excluding carboxylic acids is 1. The SMILES string of the molecule is CCCCCC(C)CCCCCC(C)C(=O)OC. The van der Waals surface area contributed by atoms with Crippen molar-refractivity contribution in [2.75, 3.05) is 7.11 Å². The van der Waals surface area contributed by atoms with E-state index in [0.717, 1.165) is 18.8 Å². The summed E-state index contributed by atoms with van der Waals surface area (Å²) in [6.45, 7) is 6.58. The maximum Gasteiger partial charge on any atom is 0.308 e. The van der Waals surface area contributed by atoms with Crippen LogP contribution in [-0.2, 0) is 9.53 Å². The molecular weight excluding hydrogens is 224 g/mol. The van der Waals surface area contributed by atoms with E-state index < -0.39 is 0 Å². The quantitative estimate of drug-likeness (QED) is 0.385.